The van der Waals surface area contributed by atoms with Crippen molar-refractivity contribution in [1.82, 2.24) is 0 Å². The van der Waals surface area contributed by atoms with E-state index in [-0.39, 0.29) is 21.3 Å². The molecular weight excluding hydrogens is 293 g/mol. The molecule has 1 amide bonds. The Morgan fingerprint density at radius 2 is 2.11 bits per heavy atom. The zero-order valence-electron chi connectivity index (χ0n) is 9.78. The second-order valence-corrected chi connectivity index (χ2v) is 4.95. The third-order valence-corrected chi connectivity index (χ3v) is 3.27. The van der Waals surface area contributed by atoms with Gasteiger partial charge in [0.05, 0.1) is 16.3 Å². The van der Waals surface area contributed by atoms with Gasteiger partial charge in [0.1, 0.15) is 6.10 Å². The minimum absolute atomic E-state index is 0.0408. The van der Waals surface area contributed by atoms with E-state index in [1.54, 1.807) is 0 Å². The molecule has 1 aliphatic heterocycles. The summed E-state index contributed by atoms with van der Waals surface area (Å²) in [5.74, 6) is -1.61. The van der Waals surface area contributed by atoms with Gasteiger partial charge in [-0.25, -0.2) is 4.79 Å². The van der Waals surface area contributed by atoms with Gasteiger partial charge >= 0.3 is 5.97 Å². The monoisotopic (exact) mass is 303 g/mol. The predicted octanol–water partition coefficient (Wildman–Crippen LogP) is 2.81. The first-order chi connectivity index (χ1) is 8.99. The number of hydrogen-bond donors (Lipinski definition) is 2. The minimum Gasteiger partial charge on any atom is -0.478 e. The van der Waals surface area contributed by atoms with Gasteiger partial charge in [0.2, 0.25) is 0 Å². The molecule has 0 spiro atoms. The number of aromatic carboxylic acids is 1. The molecule has 2 N–H and O–H groups in total. The molecule has 0 saturated carbocycles. The standard InChI is InChI=1S/C12H11Cl2NO4/c13-6-4-7(12(17)18)10(8(14)5-6)15-11(16)9-2-1-3-19-9/h4-5,9H,1-3H2,(H,15,16)(H,17,18). The number of ether oxygens (including phenoxy) is 1. The molecule has 7 heteroatoms. The molecule has 19 heavy (non-hydrogen) atoms. The van der Waals surface area contributed by atoms with Crippen LogP contribution in [-0.4, -0.2) is 29.7 Å². The maximum absolute atomic E-state index is 11.9. The minimum atomic E-state index is -1.22. The fourth-order valence-corrected chi connectivity index (χ4v) is 2.40. The summed E-state index contributed by atoms with van der Waals surface area (Å²) in [7, 11) is 0. The Hall–Kier alpha value is -1.30. The van der Waals surface area contributed by atoms with Crippen molar-refractivity contribution in [2.45, 2.75) is 18.9 Å². The average molecular weight is 304 g/mol. The molecule has 0 bridgehead atoms. The Morgan fingerprint density at radius 3 is 2.68 bits per heavy atom. The van der Waals surface area contributed by atoms with Crippen LogP contribution in [-0.2, 0) is 9.53 Å². The van der Waals surface area contributed by atoms with Crippen molar-refractivity contribution in [3.05, 3.63) is 27.7 Å². The molecule has 5 nitrogen and oxygen atoms in total. The fourth-order valence-electron chi connectivity index (χ4n) is 1.86. The normalized spacial score (nSPS) is 18.3. The molecule has 1 aromatic rings. The maximum Gasteiger partial charge on any atom is 0.337 e. The predicted molar refractivity (Wildman–Crippen MR) is 71.0 cm³/mol. The Labute approximate surface area is 119 Å². The molecule has 0 aromatic heterocycles. The lowest BCUT2D eigenvalue weighted by Crippen LogP contribution is -2.27. The number of hydrogen-bond acceptors (Lipinski definition) is 3. The maximum atomic E-state index is 11.9. The van der Waals surface area contributed by atoms with Crippen LogP contribution in [0.15, 0.2) is 12.1 Å². The molecule has 2 rings (SSSR count). The zero-order chi connectivity index (χ0) is 14.0. The van der Waals surface area contributed by atoms with Crippen molar-refractivity contribution < 1.29 is 19.4 Å². The SMILES string of the molecule is O=C(O)c1cc(Cl)cc(Cl)c1NC(=O)C1CCCO1. The molecule has 1 saturated heterocycles. The highest BCUT2D eigenvalue weighted by molar-refractivity contribution is 6.37. The molecule has 1 unspecified atom stereocenters. The molecule has 1 atom stereocenters. The van der Waals surface area contributed by atoms with Crippen molar-refractivity contribution >= 4 is 40.8 Å². The first-order valence-electron chi connectivity index (χ1n) is 5.64. The van der Waals surface area contributed by atoms with Gasteiger partial charge in [-0.15, -0.1) is 0 Å². The Morgan fingerprint density at radius 1 is 1.37 bits per heavy atom. The summed E-state index contributed by atoms with van der Waals surface area (Å²) in [6, 6.07) is 2.61. The Balaban J connectivity index is 2.28. The summed E-state index contributed by atoms with van der Waals surface area (Å²) in [5, 5.41) is 11.9. The summed E-state index contributed by atoms with van der Waals surface area (Å²) in [6.45, 7) is 0.526. The molecule has 1 heterocycles. The summed E-state index contributed by atoms with van der Waals surface area (Å²) < 4.78 is 5.22. The number of carboxylic acids is 1. The quantitative estimate of drug-likeness (QED) is 0.900. The lowest BCUT2D eigenvalue weighted by Gasteiger charge is -2.14. The van der Waals surface area contributed by atoms with Crippen LogP contribution in [0.2, 0.25) is 10.0 Å². The molecule has 1 aliphatic rings. The first-order valence-corrected chi connectivity index (χ1v) is 6.39. The lowest BCUT2D eigenvalue weighted by atomic mass is 10.1. The van der Waals surface area contributed by atoms with Crippen LogP contribution in [0.5, 0.6) is 0 Å². The van der Waals surface area contributed by atoms with E-state index in [0.29, 0.717) is 13.0 Å². The van der Waals surface area contributed by atoms with Crippen LogP contribution in [0.1, 0.15) is 23.2 Å². The Bertz CT molecular complexity index is 527. The van der Waals surface area contributed by atoms with Crippen LogP contribution in [0, 0.1) is 0 Å². The summed E-state index contributed by atoms with van der Waals surface area (Å²) in [6.07, 6.45) is 0.853. The van der Waals surface area contributed by atoms with Gasteiger partial charge < -0.3 is 15.2 Å². The molecule has 1 fully saturated rings. The van der Waals surface area contributed by atoms with Crippen molar-refractivity contribution in [1.29, 1.82) is 0 Å². The molecule has 102 valence electrons. The van der Waals surface area contributed by atoms with Gasteiger partial charge in [-0.1, -0.05) is 23.2 Å². The van der Waals surface area contributed by atoms with Crippen LogP contribution in [0.4, 0.5) is 5.69 Å². The van der Waals surface area contributed by atoms with E-state index in [1.807, 2.05) is 0 Å². The van der Waals surface area contributed by atoms with Crippen molar-refractivity contribution in [2.75, 3.05) is 11.9 Å². The number of halogens is 2. The summed E-state index contributed by atoms with van der Waals surface area (Å²) in [5.41, 5.74) is -0.108. The van der Waals surface area contributed by atoms with Crippen LogP contribution in [0.25, 0.3) is 0 Å². The highest BCUT2D eigenvalue weighted by Gasteiger charge is 2.26. The van der Waals surface area contributed by atoms with E-state index in [4.69, 9.17) is 33.0 Å². The highest BCUT2D eigenvalue weighted by atomic mass is 35.5. The van der Waals surface area contributed by atoms with E-state index in [9.17, 15) is 9.59 Å². The van der Waals surface area contributed by atoms with Crippen molar-refractivity contribution in [3.63, 3.8) is 0 Å². The second kappa shape index (κ2) is 5.77. The average Bonchev–Trinajstić information content (AvgIpc) is 2.85. The van der Waals surface area contributed by atoms with Crippen molar-refractivity contribution in [2.24, 2.45) is 0 Å². The van der Waals surface area contributed by atoms with E-state index in [2.05, 4.69) is 5.32 Å². The first kappa shape index (κ1) is 14.1. The number of carbonyl (C=O) groups excluding carboxylic acids is 1. The molecule has 1 aromatic carbocycles. The largest absolute Gasteiger partial charge is 0.478 e. The van der Waals surface area contributed by atoms with Crippen LogP contribution < -0.4 is 5.32 Å². The summed E-state index contributed by atoms with van der Waals surface area (Å²) in [4.78, 5) is 23.0. The number of amides is 1. The van der Waals surface area contributed by atoms with Crippen molar-refractivity contribution in [3.8, 4) is 0 Å². The lowest BCUT2D eigenvalue weighted by molar-refractivity contribution is -0.124. The highest BCUT2D eigenvalue weighted by Crippen LogP contribution is 2.31. The topological polar surface area (TPSA) is 75.6 Å². The zero-order valence-corrected chi connectivity index (χ0v) is 11.3. The van der Waals surface area contributed by atoms with Gasteiger partial charge in [-0.05, 0) is 25.0 Å². The van der Waals surface area contributed by atoms with E-state index < -0.39 is 18.0 Å². The van der Waals surface area contributed by atoms with Gasteiger partial charge in [-0.3, -0.25) is 4.79 Å². The van der Waals surface area contributed by atoms with E-state index in [0.717, 1.165) is 6.42 Å². The number of anilines is 1. The van der Waals surface area contributed by atoms with Crippen LogP contribution in [0.3, 0.4) is 0 Å². The summed E-state index contributed by atoms with van der Waals surface area (Å²) >= 11 is 11.7. The number of benzene rings is 1. The fraction of sp³-hybridized carbons (Fsp3) is 0.333. The van der Waals surface area contributed by atoms with E-state index >= 15 is 0 Å². The number of carbonyl (C=O) groups is 2. The van der Waals surface area contributed by atoms with Gasteiger partial charge in [0, 0.05) is 11.6 Å². The molecule has 0 aliphatic carbocycles. The van der Waals surface area contributed by atoms with Gasteiger partial charge in [0.15, 0.2) is 0 Å². The van der Waals surface area contributed by atoms with E-state index in [1.165, 1.54) is 12.1 Å². The Kier molecular flexibility index (Phi) is 4.29. The van der Waals surface area contributed by atoms with Gasteiger partial charge in [0.25, 0.3) is 5.91 Å². The third kappa shape index (κ3) is 3.18. The second-order valence-electron chi connectivity index (χ2n) is 4.11. The molecule has 0 radical (unpaired) electrons. The van der Waals surface area contributed by atoms with Gasteiger partial charge in [-0.2, -0.15) is 0 Å². The number of nitrogens with one attached hydrogen (secondary N) is 1. The number of rotatable bonds is 3. The third-order valence-electron chi connectivity index (χ3n) is 2.76. The smallest absolute Gasteiger partial charge is 0.337 e. The number of carboxylic acid groups (broad SMARTS) is 1. The van der Waals surface area contributed by atoms with Crippen LogP contribution >= 0.6 is 23.2 Å². The molecular formula is C12H11Cl2NO4.